The molecule has 0 saturated heterocycles. The largest absolute Gasteiger partial charge is 0.0654 e. The van der Waals surface area contributed by atoms with Gasteiger partial charge >= 0.3 is 0 Å². The lowest BCUT2D eigenvalue weighted by Crippen LogP contribution is -2.25. The van der Waals surface area contributed by atoms with E-state index in [1.54, 1.807) is 0 Å². The summed E-state index contributed by atoms with van der Waals surface area (Å²) in [7, 11) is 0. The molecule has 0 amide bonds. The Hall–Kier alpha value is -2.00. The quantitative estimate of drug-likeness (QED) is 0.454. The van der Waals surface area contributed by atoms with Crippen molar-refractivity contribution in [3.63, 3.8) is 0 Å². The number of rotatable bonds is 4. The maximum Gasteiger partial charge on any atom is 0.0249 e. The fraction of sp³-hybridized carbons (Fsp3) is 0.533. The molecule has 0 heterocycles. The van der Waals surface area contributed by atoms with Crippen LogP contribution in [0.15, 0.2) is 48.5 Å². The Bertz CT molecular complexity index is 830. The molecule has 0 aliphatic heterocycles. The Labute approximate surface area is 184 Å². The van der Waals surface area contributed by atoms with Gasteiger partial charge in [0.15, 0.2) is 0 Å². The molecule has 158 valence electrons. The molecule has 0 unspecified atom stereocenters. The van der Waals surface area contributed by atoms with Crippen molar-refractivity contribution in [2.24, 2.45) is 17.8 Å². The van der Waals surface area contributed by atoms with Crippen molar-refractivity contribution in [2.45, 2.75) is 84.0 Å². The van der Waals surface area contributed by atoms with E-state index < -0.39 is 0 Å². The molecular weight excluding hydrogens is 360 g/mol. The lowest BCUT2D eigenvalue weighted by molar-refractivity contribution is 0.156. The Morgan fingerprint density at radius 1 is 0.667 bits per heavy atom. The van der Waals surface area contributed by atoms with Crippen LogP contribution in [0.1, 0.15) is 99.3 Å². The summed E-state index contributed by atoms with van der Waals surface area (Å²) in [6.45, 7) is 4.46. The smallest absolute Gasteiger partial charge is 0.0249 e. The van der Waals surface area contributed by atoms with Gasteiger partial charge in [0.1, 0.15) is 0 Å². The number of benzene rings is 2. The molecule has 0 N–H and O–H groups in total. The van der Waals surface area contributed by atoms with Crippen LogP contribution in [-0.4, -0.2) is 0 Å². The van der Waals surface area contributed by atoms with Crippen molar-refractivity contribution in [1.82, 2.24) is 0 Å². The summed E-state index contributed by atoms with van der Waals surface area (Å²) in [6, 6.07) is 17.6. The molecule has 2 aromatic rings. The summed E-state index contributed by atoms with van der Waals surface area (Å²) in [5.41, 5.74) is 5.02. The minimum absolute atomic E-state index is 0.761. The van der Waals surface area contributed by atoms with Crippen LogP contribution < -0.4 is 0 Å². The summed E-state index contributed by atoms with van der Waals surface area (Å²) in [6.07, 6.45) is 14.5. The summed E-state index contributed by atoms with van der Waals surface area (Å²) >= 11 is 0. The lowest BCUT2D eigenvalue weighted by Gasteiger charge is -2.38. The van der Waals surface area contributed by atoms with Gasteiger partial charge in [0.2, 0.25) is 0 Å². The van der Waals surface area contributed by atoms with Crippen LogP contribution in [0.4, 0.5) is 0 Å². The molecule has 2 saturated carbocycles. The predicted molar refractivity (Wildman–Crippen MR) is 129 cm³/mol. The molecule has 2 aromatic carbocycles. The average molecular weight is 399 g/mol. The van der Waals surface area contributed by atoms with Gasteiger partial charge in [-0.15, -0.1) is 0 Å². The second-order valence-corrected chi connectivity index (χ2v) is 9.92. The zero-order valence-corrected chi connectivity index (χ0v) is 19.0. The molecule has 0 aromatic heterocycles. The highest BCUT2D eigenvalue weighted by Crippen LogP contribution is 2.44. The highest BCUT2D eigenvalue weighted by Gasteiger charge is 2.31. The third kappa shape index (κ3) is 5.57. The number of hydrogen-bond acceptors (Lipinski definition) is 0. The molecular formula is C30H38. The monoisotopic (exact) mass is 398 g/mol. The first-order valence-corrected chi connectivity index (χ1v) is 12.4. The van der Waals surface area contributed by atoms with Gasteiger partial charge in [0.05, 0.1) is 0 Å². The Balaban J connectivity index is 1.27. The van der Waals surface area contributed by atoms with E-state index in [0.717, 1.165) is 34.8 Å². The van der Waals surface area contributed by atoms with Gasteiger partial charge in [-0.25, -0.2) is 0 Å². The van der Waals surface area contributed by atoms with E-state index in [1.165, 1.54) is 75.3 Å². The molecule has 0 spiro atoms. The second-order valence-electron chi connectivity index (χ2n) is 9.92. The van der Waals surface area contributed by atoms with E-state index in [-0.39, 0.29) is 0 Å². The van der Waals surface area contributed by atoms with Crippen LogP contribution in [-0.2, 0) is 0 Å². The fourth-order valence-corrected chi connectivity index (χ4v) is 5.90. The zero-order chi connectivity index (χ0) is 20.8. The average Bonchev–Trinajstić information content (AvgIpc) is 2.80. The first kappa shape index (κ1) is 21.2. The molecule has 2 aliphatic carbocycles. The summed E-state index contributed by atoms with van der Waals surface area (Å²) < 4.78 is 0. The molecule has 0 heteroatoms. The highest BCUT2D eigenvalue weighted by molar-refractivity contribution is 5.44. The third-order valence-electron chi connectivity index (χ3n) is 7.81. The lowest BCUT2D eigenvalue weighted by atomic mass is 9.68. The summed E-state index contributed by atoms with van der Waals surface area (Å²) in [4.78, 5) is 0. The van der Waals surface area contributed by atoms with Crippen LogP contribution in [0, 0.1) is 36.5 Å². The van der Waals surface area contributed by atoms with Crippen LogP contribution in [0.3, 0.4) is 0 Å². The van der Waals surface area contributed by atoms with Gasteiger partial charge in [-0.05, 0) is 98.9 Å². The number of hydrogen-bond donors (Lipinski definition) is 0. The Morgan fingerprint density at radius 2 is 1.17 bits per heavy atom. The second kappa shape index (κ2) is 10.3. The van der Waals surface area contributed by atoms with Gasteiger partial charge in [0.25, 0.3) is 0 Å². The van der Waals surface area contributed by atoms with Crippen LogP contribution in [0.2, 0.25) is 0 Å². The number of aryl methyl sites for hydroxylation is 1. The van der Waals surface area contributed by atoms with E-state index in [2.05, 4.69) is 74.2 Å². The van der Waals surface area contributed by atoms with E-state index >= 15 is 0 Å². The molecule has 0 nitrogen and oxygen atoms in total. The molecule has 30 heavy (non-hydrogen) atoms. The van der Waals surface area contributed by atoms with Gasteiger partial charge in [-0.1, -0.05) is 74.3 Å². The fourth-order valence-electron chi connectivity index (χ4n) is 5.90. The molecule has 4 rings (SSSR count). The van der Waals surface area contributed by atoms with Crippen molar-refractivity contribution in [3.05, 3.63) is 70.8 Å². The standard InChI is InChI=1S/C30H38/c1-3-4-24-11-15-27(16-12-24)29-19-21-30(22-20-29)28-17-13-26(14-18-28)10-9-25-7-5-23(2)6-8-25/h5-8,13-14,17-18,24,27,29-30H,3-4,11-12,15-16,19-22H2,1-2H3. The third-order valence-corrected chi connectivity index (χ3v) is 7.81. The van der Waals surface area contributed by atoms with E-state index in [1.807, 2.05) is 0 Å². The van der Waals surface area contributed by atoms with Crippen LogP contribution in [0.25, 0.3) is 0 Å². The Kier molecular flexibility index (Phi) is 7.33. The van der Waals surface area contributed by atoms with E-state index in [0.29, 0.717) is 0 Å². The van der Waals surface area contributed by atoms with E-state index in [9.17, 15) is 0 Å². The van der Waals surface area contributed by atoms with Crippen molar-refractivity contribution < 1.29 is 0 Å². The first-order chi connectivity index (χ1) is 14.7. The first-order valence-electron chi connectivity index (χ1n) is 12.4. The molecule has 0 atom stereocenters. The molecule has 2 fully saturated rings. The van der Waals surface area contributed by atoms with Crippen LogP contribution >= 0.6 is 0 Å². The Morgan fingerprint density at radius 3 is 1.70 bits per heavy atom. The SMILES string of the molecule is CCCC1CCC(C2CCC(c3ccc(C#Cc4ccc(C)cc4)cc3)CC2)CC1. The van der Waals surface area contributed by atoms with Crippen LogP contribution in [0.5, 0.6) is 0 Å². The van der Waals surface area contributed by atoms with Gasteiger partial charge in [0, 0.05) is 11.1 Å². The molecule has 0 radical (unpaired) electrons. The summed E-state index contributed by atoms with van der Waals surface area (Å²) in [5, 5.41) is 0. The highest BCUT2D eigenvalue weighted by atomic mass is 14.4. The van der Waals surface area contributed by atoms with Crippen molar-refractivity contribution >= 4 is 0 Å². The van der Waals surface area contributed by atoms with Crippen molar-refractivity contribution in [3.8, 4) is 11.8 Å². The molecule has 2 aliphatic rings. The normalized spacial score (nSPS) is 26.6. The maximum atomic E-state index is 3.32. The van der Waals surface area contributed by atoms with Crippen molar-refractivity contribution in [2.75, 3.05) is 0 Å². The summed E-state index contributed by atoms with van der Waals surface area (Å²) in [5.74, 6) is 10.4. The van der Waals surface area contributed by atoms with Gasteiger partial charge < -0.3 is 0 Å². The maximum absolute atomic E-state index is 3.32. The topological polar surface area (TPSA) is 0 Å². The van der Waals surface area contributed by atoms with E-state index in [4.69, 9.17) is 0 Å². The van der Waals surface area contributed by atoms with Gasteiger partial charge in [-0.3, -0.25) is 0 Å². The predicted octanol–water partition coefficient (Wildman–Crippen LogP) is 8.28. The minimum Gasteiger partial charge on any atom is -0.0654 e. The van der Waals surface area contributed by atoms with Gasteiger partial charge in [-0.2, -0.15) is 0 Å². The van der Waals surface area contributed by atoms with Crippen molar-refractivity contribution in [1.29, 1.82) is 0 Å². The molecule has 0 bridgehead atoms. The minimum atomic E-state index is 0.761. The zero-order valence-electron chi connectivity index (χ0n) is 19.0.